The zero-order chi connectivity index (χ0) is 12.2. The summed E-state index contributed by atoms with van der Waals surface area (Å²) < 4.78 is 9.67. The number of carbonyl (C=O) groups excluding carboxylic acids is 3. The molecule has 0 fully saturated rings. The van der Waals surface area contributed by atoms with Gasteiger partial charge in [0, 0.05) is 13.8 Å². The fraction of sp³-hybridized carbons (Fsp3) is 0.364. The highest BCUT2D eigenvalue weighted by molar-refractivity contribution is 6.01. The molecule has 0 unspecified atom stereocenters. The van der Waals surface area contributed by atoms with Gasteiger partial charge in [-0.05, 0) is 12.2 Å². The number of allylic oxidation sites excluding steroid dienone is 2. The molecule has 16 heavy (non-hydrogen) atoms. The van der Waals surface area contributed by atoms with Crippen molar-refractivity contribution in [3.8, 4) is 0 Å². The number of hydrogen-bond donors (Lipinski definition) is 0. The van der Waals surface area contributed by atoms with Gasteiger partial charge >= 0.3 is 11.9 Å². The van der Waals surface area contributed by atoms with Crippen molar-refractivity contribution in [2.75, 3.05) is 6.61 Å². The molecule has 0 N–H and O–H groups in total. The van der Waals surface area contributed by atoms with Gasteiger partial charge in [-0.15, -0.1) is 0 Å². The van der Waals surface area contributed by atoms with Gasteiger partial charge in [0.2, 0.25) is 11.4 Å². The van der Waals surface area contributed by atoms with E-state index in [0.29, 0.717) is 0 Å². The minimum absolute atomic E-state index is 0.304. The summed E-state index contributed by atoms with van der Waals surface area (Å²) in [6.07, 6.45) is 5.76. The highest BCUT2D eigenvalue weighted by Crippen LogP contribution is 2.20. The second-order valence-corrected chi connectivity index (χ2v) is 3.35. The average Bonchev–Trinajstić information content (AvgIpc) is 2.18. The number of rotatable bonds is 3. The van der Waals surface area contributed by atoms with Crippen LogP contribution in [0.5, 0.6) is 0 Å². The summed E-state index contributed by atoms with van der Waals surface area (Å²) in [6, 6.07) is 0. The summed E-state index contributed by atoms with van der Waals surface area (Å²) in [5.74, 6) is -1.57. The zero-order valence-electron chi connectivity index (χ0n) is 9.06. The van der Waals surface area contributed by atoms with Crippen LogP contribution in [-0.4, -0.2) is 29.9 Å². The second kappa shape index (κ2) is 4.74. The van der Waals surface area contributed by atoms with E-state index >= 15 is 0 Å². The van der Waals surface area contributed by atoms with Gasteiger partial charge in [0.05, 0.1) is 0 Å². The first-order valence-corrected chi connectivity index (χ1v) is 4.69. The van der Waals surface area contributed by atoms with Crippen LogP contribution in [0.3, 0.4) is 0 Å². The van der Waals surface area contributed by atoms with Gasteiger partial charge in [-0.3, -0.25) is 14.4 Å². The Balaban J connectivity index is 2.88. The van der Waals surface area contributed by atoms with E-state index in [1.807, 2.05) is 0 Å². The first kappa shape index (κ1) is 12.2. The van der Waals surface area contributed by atoms with Crippen LogP contribution in [0.2, 0.25) is 0 Å². The lowest BCUT2D eigenvalue weighted by Crippen LogP contribution is -2.46. The van der Waals surface area contributed by atoms with Crippen LogP contribution in [0.25, 0.3) is 0 Å². The van der Waals surface area contributed by atoms with Crippen molar-refractivity contribution in [2.45, 2.75) is 19.4 Å². The lowest BCUT2D eigenvalue weighted by Gasteiger charge is -2.28. The van der Waals surface area contributed by atoms with Crippen LogP contribution < -0.4 is 0 Å². The minimum atomic E-state index is -1.51. The Labute approximate surface area is 92.7 Å². The summed E-state index contributed by atoms with van der Waals surface area (Å²) in [4.78, 5) is 33.3. The molecule has 0 aromatic rings. The second-order valence-electron chi connectivity index (χ2n) is 3.35. The van der Waals surface area contributed by atoms with E-state index in [2.05, 4.69) is 0 Å². The first-order chi connectivity index (χ1) is 7.46. The van der Waals surface area contributed by atoms with Crippen LogP contribution in [-0.2, 0) is 23.9 Å². The van der Waals surface area contributed by atoms with Gasteiger partial charge in [0.25, 0.3) is 0 Å². The van der Waals surface area contributed by atoms with Gasteiger partial charge < -0.3 is 9.47 Å². The summed E-state index contributed by atoms with van der Waals surface area (Å²) >= 11 is 0. The van der Waals surface area contributed by atoms with Crippen LogP contribution in [0.1, 0.15) is 13.8 Å². The predicted octanol–water partition coefficient (Wildman–Crippen LogP) is 0.546. The fourth-order valence-electron chi connectivity index (χ4n) is 1.28. The summed E-state index contributed by atoms with van der Waals surface area (Å²) in [7, 11) is 0. The molecule has 0 heterocycles. The molecular weight excluding hydrogens is 212 g/mol. The molecule has 5 heteroatoms. The Morgan fingerprint density at radius 1 is 1.25 bits per heavy atom. The molecule has 0 saturated carbocycles. The maximum atomic E-state index is 11.7. The predicted molar refractivity (Wildman–Crippen MR) is 54.4 cm³/mol. The summed E-state index contributed by atoms with van der Waals surface area (Å²) in [6.45, 7) is 2.10. The average molecular weight is 224 g/mol. The molecule has 5 nitrogen and oxygen atoms in total. The third kappa shape index (κ3) is 2.79. The topological polar surface area (TPSA) is 69.7 Å². The highest BCUT2D eigenvalue weighted by Gasteiger charge is 2.40. The van der Waals surface area contributed by atoms with Crippen LogP contribution >= 0.6 is 0 Å². The maximum absolute atomic E-state index is 11.7. The molecule has 86 valence electrons. The van der Waals surface area contributed by atoms with Crippen molar-refractivity contribution >= 4 is 17.7 Å². The lowest BCUT2D eigenvalue weighted by molar-refractivity contribution is -0.168. The molecule has 0 spiro atoms. The monoisotopic (exact) mass is 224 g/mol. The third-order valence-corrected chi connectivity index (χ3v) is 1.96. The molecule has 0 aromatic heterocycles. The van der Waals surface area contributed by atoms with Gasteiger partial charge in [-0.25, -0.2) is 0 Å². The van der Waals surface area contributed by atoms with Crippen molar-refractivity contribution in [1.82, 2.24) is 0 Å². The summed E-state index contributed by atoms with van der Waals surface area (Å²) in [5.41, 5.74) is -1.51. The SMILES string of the molecule is CC(=O)OC[C@@]1(OC(C)=O)C=CC=CC1=O. The molecule has 0 radical (unpaired) electrons. The Morgan fingerprint density at radius 2 is 1.94 bits per heavy atom. The Hall–Kier alpha value is -1.91. The molecule has 0 aliphatic heterocycles. The fourth-order valence-corrected chi connectivity index (χ4v) is 1.28. The largest absolute Gasteiger partial charge is 0.461 e. The molecule has 0 amide bonds. The van der Waals surface area contributed by atoms with E-state index in [9.17, 15) is 14.4 Å². The van der Waals surface area contributed by atoms with E-state index in [1.165, 1.54) is 32.1 Å². The van der Waals surface area contributed by atoms with E-state index in [0.717, 1.165) is 0 Å². The van der Waals surface area contributed by atoms with Crippen molar-refractivity contribution in [3.63, 3.8) is 0 Å². The van der Waals surface area contributed by atoms with Gasteiger partial charge in [0.1, 0.15) is 6.61 Å². The third-order valence-electron chi connectivity index (χ3n) is 1.96. The van der Waals surface area contributed by atoms with Gasteiger partial charge in [0.15, 0.2) is 0 Å². The number of carbonyl (C=O) groups is 3. The molecule has 1 rings (SSSR count). The zero-order valence-corrected chi connectivity index (χ0v) is 9.06. The Bertz CT molecular complexity index is 380. The lowest BCUT2D eigenvalue weighted by atomic mass is 9.94. The Morgan fingerprint density at radius 3 is 2.44 bits per heavy atom. The molecule has 0 saturated heterocycles. The van der Waals surface area contributed by atoms with E-state index in [1.54, 1.807) is 6.08 Å². The number of hydrogen-bond acceptors (Lipinski definition) is 5. The smallest absolute Gasteiger partial charge is 0.304 e. The maximum Gasteiger partial charge on any atom is 0.304 e. The highest BCUT2D eigenvalue weighted by atomic mass is 16.6. The molecule has 0 bridgehead atoms. The van der Waals surface area contributed by atoms with Crippen LogP contribution in [0, 0.1) is 0 Å². The molecular formula is C11H12O5. The Kier molecular flexibility index (Phi) is 3.60. The standard InChI is InChI=1S/C11H12O5/c1-8(12)15-7-11(16-9(2)13)6-4-3-5-10(11)14/h3-6H,7H2,1-2H3/t11-/m0/s1. The van der Waals surface area contributed by atoms with Crippen molar-refractivity contribution in [3.05, 3.63) is 24.3 Å². The van der Waals surface area contributed by atoms with Crippen molar-refractivity contribution < 1.29 is 23.9 Å². The number of ether oxygens (including phenoxy) is 2. The van der Waals surface area contributed by atoms with E-state index in [4.69, 9.17) is 9.47 Å². The van der Waals surface area contributed by atoms with Crippen LogP contribution in [0.4, 0.5) is 0 Å². The summed E-state index contributed by atoms with van der Waals surface area (Å²) in [5, 5.41) is 0. The molecule has 0 aromatic carbocycles. The van der Waals surface area contributed by atoms with E-state index < -0.39 is 23.3 Å². The molecule has 1 aliphatic carbocycles. The molecule has 1 aliphatic rings. The van der Waals surface area contributed by atoms with Crippen molar-refractivity contribution in [1.29, 1.82) is 0 Å². The minimum Gasteiger partial charge on any atom is -0.461 e. The normalized spacial score (nSPS) is 23.0. The quantitative estimate of drug-likeness (QED) is 0.654. The number of ketones is 1. The van der Waals surface area contributed by atoms with Gasteiger partial charge in [-0.1, -0.05) is 12.2 Å². The van der Waals surface area contributed by atoms with E-state index in [-0.39, 0.29) is 6.61 Å². The van der Waals surface area contributed by atoms with Crippen LogP contribution in [0.15, 0.2) is 24.3 Å². The van der Waals surface area contributed by atoms with Crippen molar-refractivity contribution in [2.24, 2.45) is 0 Å². The first-order valence-electron chi connectivity index (χ1n) is 4.69. The van der Waals surface area contributed by atoms with Gasteiger partial charge in [-0.2, -0.15) is 0 Å². The number of esters is 2. The molecule has 1 atom stereocenters.